The summed E-state index contributed by atoms with van der Waals surface area (Å²) in [6.45, 7) is 0.706. The Balaban J connectivity index is 1.66. The highest BCUT2D eigenvalue weighted by atomic mass is 16.2. The number of amides is 2. The van der Waals surface area contributed by atoms with E-state index in [1.54, 1.807) is 23.4 Å². The number of benzene rings is 2. The molecular formula is C18H15N3O. The van der Waals surface area contributed by atoms with Crippen LogP contribution in [0.1, 0.15) is 5.56 Å². The number of anilines is 2. The van der Waals surface area contributed by atoms with Crippen LogP contribution < -0.4 is 10.2 Å². The van der Waals surface area contributed by atoms with Crippen molar-refractivity contribution in [1.29, 1.82) is 0 Å². The summed E-state index contributed by atoms with van der Waals surface area (Å²) in [5, 5.41) is 5.27. The zero-order valence-corrected chi connectivity index (χ0v) is 12.0. The number of urea groups is 1. The van der Waals surface area contributed by atoms with Gasteiger partial charge in [0.15, 0.2) is 0 Å². The summed E-state index contributed by atoms with van der Waals surface area (Å²) in [6, 6.07) is 16.0. The summed E-state index contributed by atoms with van der Waals surface area (Å²) in [5.41, 5.74) is 2.93. The Morgan fingerprint density at radius 2 is 1.91 bits per heavy atom. The van der Waals surface area contributed by atoms with E-state index in [-0.39, 0.29) is 6.03 Å². The number of pyridine rings is 1. The van der Waals surface area contributed by atoms with Crippen molar-refractivity contribution in [3.8, 4) is 0 Å². The third kappa shape index (κ3) is 2.19. The van der Waals surface area contributed by atoms with Crippen molar-refractivity contribution >= 4 is 28.2 Å². The minimum absolute atomic E-state index is 0.109. The predicted octanol–water partition coefficient (Wildman–Crippen LogP) is 3.83. The molecule has 2 aromatic carbocycles. The summed E-state index contributed by atoms with van der Waals surface area (Å²) in [6.07, 6.45) is 4.23. The Morgan fingerprint density at radius 1 is 1.09 bits per heavy atom. The first-order valence-electron chi connectivity index (χ1n) is 7.31. The lowest BCUT2D eigenvalue weighted by Gasteiger charge is -2.18. The zero-order chi connectivity index (χ0) is 14.9. The number of hydrogen-bond donors (Lipinski definition) is 1. The maximum atomic E-state index is 12.5. The van der Waals surface area contributed by atoms with E-state index >= 15 is 0 Å². The molecule has 4 heteroatoms. The van der Waals surface area contributed by atoms with Crippen molar-refractivity contribution in [2.75, 3.05) is 16.8 Å². The molecule has 1 aliphatic heterocycles. The van der Waals surface area contributed by atoms with E-state index in [0.717, 1.165) is 17.5 Å². The van der Waals surface area contributed by atoms with Crippen LogP contribution in [0, 0.1) is 0 Å². The van der Waals surface area contributed by atoms with Crippen LogP contribution in [0.2, 0.25) is 0 Å². The molecule has 1 N–H and O–H groups in total. The van der Waals surface area contributed by atoms with Gasteiger partial charge in [-0.25, -0.2) is 4.79 Å². The molecule has 0 spiro atoms. The molecule has 0 bridgehead atoms. The van der Waals surface area contributed by atoms with Gasteiger partial charge in [-0.1, -0.05) is 24.3 Å². The van der Waals surface area contributed by atoms with E-state index in [1.807, 2.05) is 18.2 Å². The molecule has 1 aliphatic rings. The first-order valence-corrected chi connectivity index (χ1v) is 7.31. The smallest absolute Gasteiger partial charge is 0.306 e. The monoisotopic (exact) mass is 289 g/mol. The molecule has 4 nitrogen and oxygen atoms in total. The molecular weight excluding hydrogens is 274 g/mol. The lowest BCUT2D eigenvalue weighted by Crippen LogP contribution is -2.33. The fraction of sp³-hybridized carbons (Fsp3) is 0.111. The normalized spacial score (nSPS) is 13.2. The summed E-state index contributed by atoms with van der Waals surface area (Å²) in [5.74, 6) is 0. The molecule has 0 saturated carbocycles. The van der Waals surface area contributed by atoms with Crippen LogP contribution in [0.25, 0.3) is 10.8 Å². The third-order valence-corrected chi connectivity index (χ3v) is 4.00. The zero-order valence-electron chi connectivity index (χ0n) is 12.0. The van der Waals surface area contributed by atoms with Crippen molar-refractivity contribution in [3.05, 3.63) is 66.5 Å². The summed E-state index contributed by atoms with van der Waals surface area (Å²) in [4.78, 5) is 18.3. The second kappa shape index (κ2) is 5.15. The van der Waals surface area contributed by atoms with Crippen molar-refractivity contribution in [2.24, 2.45) is 0 Å². The van der Waals surface area contributed by atoms with Crippen molar-refractivity contribution in [3.63, 3.8) is 0 Å². The molecule has 0 fully saturated rings. The van der Waals surface area contributed by atoms with Crippen LogP contribution in [-0.4, -0.2) is 17.6 Å². The third-order valence-electron chi connectivity index (χ3n) is 4.00. The number of fused-ring (bicyclic) bond motifs is 2. The van der Waals surface area contributed by atoms with Crippen molar-refractivity contribution in [2.45, 2.75) is 6.42 Å². The minimum atomic E-state index is -0.109. The number of nitrogens with one attached hydrogen (secondary N) is 1. The van der Waals surface area contributed by atoms with Crippen LogP contribution >= 0.6 is 0 Å². The van der Waals surface area contributed by atoms with Gasteiger partial charge < -0.3 is 5.32 Å². The van der Waals surface area contributed by atoms with Crippen molar-refractivity contribution in [1.82, 2.24) is 4.98 Å². The number of hydrogen-bond acceptors (Lipinski definition) is 2. The Kier molecular flexibility index (Phi) is 3.00. The SMILES string of the molecule is O=C(Nc1cccnc1)N1CCc2cc3ccccc3cc21. The number of carbonyl (C=O) groups excluding carboxylic acids is 1. The Morgan fingerprint density at radius 3 is 2.68 bits per heavy atom. The van der Waals surface area contributed by atoms with Gasteiger partial charge in [0.1, 0.15) is 0 Å². The fourth-order valence-corrected chi connectivity index (χ4v) is 2.92. The molecule has 0 radical (unpaired) electrons. The highest BCUT2D eigenvalue weighted by Gasteiger charge is 2.25. The van der Waals surface area contributed by atoms with Crippen LogP contribution in [0.3, 0.4) is 0 Å². The second-order valence-electron chi connectivity index (χ2n) is 5.40. The Hall–Kier alpha value is -2.88. The fourth-order valence-electron chi connectivity index (χ4n) is 2.92. The van der Waals surface area contributed by atoms with Crippen molar-refractivity contribution < 1.29 is 4.79 Å². The molecule has 2 amide bonds. The summed E-state index contributed by atoms with van der Waals surface area (Å²) >= 11 is 0. The quantitative estimate of drug-likeness (QED) is 0.740. The van der Waals surface area contributed by atoms with E-state index in [9.17, 15) is 4.79 Å². The number of aromatic nitrogens is 1. The lowest BCUT2D eigenvalue weighted by molar-refractivity contribution is 0.257. The van der Waals surface area contributed by atoms with Crippen LogP contribution in [0.15, 0.2) is 60.9 Å². The topological polar surface area (TPSA) is 45.2 Å². The molecule has 3 aromatic rings. The number of rotatable bonds is 1. The van der Waals surface area contributed by atoms with Gasteiger partial charge in [0.25, 0.3) is 0 Å². The molecule has 0 atom stereocenters. The maximum Gasteiger partial charge on any atom is 0.326 e. The largest absolute Gasteiger partial charge is 0.326 e. The van der Waals surface area contributed by atoms with E-state index < -0.39 is 0 Å². The van der Waals surface area contributed by atoms with Gasteiger partial charge in [0, 0.05) is 18.4 Å². The highest BCUT2D eigenvalue weighted by molar-refractivity contribution is 6.04. The second-order valence-corrected chi connectivity index (χ2v) is 5.40. The highest BCUT2D eigenvalue weighted by Crippen LogP contribution is 2.32. The van der Waals surface area contributed by atoms with E-state index in [4.69, 9.17) is 0 Å². The van der Waals surface area contributed by atoms with Crippen LogP contribution in [-0.2, 0) is 6.42 Å². The molecule has 1 aromatic heterocycles. The lowest BCUT2D eigenvalue weighted by atomic mass is 10.1. The van der Waals surface area contributed by atoms with Gasteiger partial charge in [-0.3, -0.25) is 9.88 Å². The van der Waals surface area contributed by atoms with Gasteiger partial charge in [0.2, 0.25) is 0 Å². The minimum Gasteiger partial charge on any atom is -0.306 e. The average molecular weight is 289 g/mol. The Labute approximate surface area is 128 Å². The predicted molar refractivity (Wildman–Crippen MR) is 88.3 cm³/mol. The summed E-state index contributed by atoms with van der Waals surface area (Å²) < 4.78 is 0. The van der Waals surface area contributed by atoms with Gasteiger partial charge in [0.05, 0.1) is 11.9 Å². The standard InChI is InChI=1S/C18H15N3O/c22-18(20-16-6-3-8-19-12-16)21-9-7-15-10-13-4-1-2-5-14(13)11-17(15)21/h1-6,8,10-12H,7,9H2,(H,20,22). The molecule has 4 rings (SSSR count). The van der Waals surface area contributed by atoms with Gasteiger partial charge in [-0.2, -0.15) is 0 Å². The molecule has 108 valence electrons. The average Bonchev–Trinajstić information content (AvgIpc) is 2.96. The summed E-state index contributed by atoms with van der Waals surface area (Å²) in [7, 11) is 0. The maximum absolute atomic E-state index is 12.5. The van der Waals surface area contributed by atoms with Gasteiger partial charge in [-0.15, -0.1) is 0 Å². The molecule has 0 unspecified atom stereocenters. The van der Waals surface area contributed by atoms with Gasteiger partial charge >= 0.3 is 6.03 Å². The van der Waals surface area contributed by atoms with Gasteiger partial charge in [-0.05, 0) is 47.0 Å². The van der Waals surface area contributed by atoms with Crippen LogP contribution in [0.4, 0.5) is 16.2 Å². The Bertz CT molecular complexity index is 845. The number of carbonyl (C=O) groups is 1. The molecule has 2 heterocycles. The van der Waals surface area contributed by atoms with E-state index in [0.29, 0.717) is 12.2 Å². The van der Waals surface area contributed by atoms with E-state index in [1.165, 1.54) is 10.9 Å². The van der Waals surface area contributed by atoms with Crippen LogP contribution in [0.5, 0.6) is 0 Å². The molecule has 22 heavy (non-hydrogen) atoms. The number of nitrogens with zero attached hydrogens (tertiary/aromatic N) is 2. The first kappa shape index (κ1) is 12.8. The van der Waals surface area contributed by atoms with E-state index in [2.05, 4.69) is 34.6 Å². The first-order chi connectivity index (χ1) is 10.8. The molecule has 0 aliphatic carbocycles. The molecule has 0 saturated heterocycles.